The van der Waals surface area contributed by atoms with E-state index in [0.29, 0.717) is 22.9 Å². The van der Waals surface area contributed by atoms with Crippen LogP contribution in [0.2, 0.25) is 5.02 Å². The van der Waals surface area contributed by atoms with Gasteiger partial charge in [0.1, 0.15) is 18.2 Å². The molecule has 0 saturated heterocycles. The Bertz CT molecular complexity index is 873. The molecule has 1 atom stereocenters. The molecule has 0 aliphatic carbocycles. The Balaban J connectivity index is 1.58. The van der Waals surface area contributed by atoms with Crippen LogP contribution in [-0.2, 0) is 13.7 Å². The molecule has 0 spiro atoms. The van der Waals surface area contributed by atoms with E-state index in [1.54, 1.807) is 30.5 Å². The Kier molecular flexibility index (Phi) is 5.58. The summed E-state index contributed by atoms with van der Waals surface area (Å²) in [5, 5.41) is 3.65. The molecule has 0 fully saturated rings. The van der Waals surface area contributed by atoms with Crippen LogP contribution in [0.5, 0.6) is 5.75 Å². The van der Waals surface area contributed by atoms with Gasteiger partial charge in [-0.2, -0.15) is 0 Å². The molecule has 2 aromatic carbocycles. The molecule has 0 aliphatic rings. The number of benzene rings is 2. The van der Waals surface area contributed by atoms with Gasteiger partial charge in [-0.25, -0.2) is 4.98 Å². The van der Waals surface area contributed by atoms with Gasteiger partial charge in [0.15, 0.2) is 0 Å². The van der Waals surface area contributed by atoms with E-state index in [9.17, 15) is 4.79 Å². The fourth-order valence-electron chi connectivity index (χ4n) is 2.50. The normalized spacial score (nSPS) is 11.8. The zero-order valence-electron chi connectivity index (χ0n) is 14.6. The molecule has 3 aromatic rings. The van der Waals surface area contributed by atoms with Gasteiger partial charge in [0.05, 0.1) is 6.04 Å². The van der Waals surface area contributed by atoms with Crippen molar-refractivity contribution in [1.82, 2.24) is 14.9 Å². The molecular formula is C20H20ClN3O2. The molecule has 1 N–H and O–H groups in total. The number of ether oxygens (including phenoxy) is 1. The van der Waals surface area contributed by atoms with Crippen molar-refractivity contribution < 1.29 is 9.53 Å². The second kappa shape index (κ2) is 8.06. The van der Waals surface area contributed by atoms with E-state index in [-0.39, 0.29) is 11.9 Å². The maximum Gasteiger partial charge on any atom is 0.251 e. The van der Waals surface area contributed by atoms with E-state index < -0.39 is 0 Å². The van der Waals surface area contributed by atoms with Crippen LogP contribution in [0.4, 0.5) is 0 Å². The Morgan fingerprint density at radius 1 is 1.19 bits per heavy atom. The first-order valence-corrected chi connectivity index (χ1v) is 8.66. The van der Waals surface area contributed by atoms with Crippen LogP contribution in [0.15, 0.2) is 60.9 Å². The number of hydrogen-bond acceptors (Lipinski definition) is 3. The van der Waals surface area contributed by atoms with Gasteiger partial charge >= 0.3 is 0 Å². The highest BCUT2D eigenvalue weighted by Gasteiger charge is 2.11. The van der Waals surface area contributed by atoms with Gasteiger partial charge in [-0.1, -0.05) is 23.7 Å². The van der Waals surface area contributed by atoms with Gasteiger partial charge in [0, 0.05) is 30.0 Å². The predicted molar refractivity (Wildman–Crippen MR) is 101 cm³/mol. The highest BCUT2D eigenvalue weighted by atomic mass is 35.5. The summed E-state index contributed by atoms with van der Waals surface area (Å²) in [5.41, 5.74) is 1.58. The lowest BCUT2D eigenvalue weighted by Crippen LogP contribution is -2.26. The zero-order valence-corrected chi connectivity index (χ0v) is 15.4. The highest BCUT2D eigenvalue weighted by molar-refractivity contribution is 6.30. The smallest absolute Gasteiger partial charge is 0.251 e. The van der Waals surface area contributed by atoms with Crippen LogP contribution in [-0.4, -0.2) is 15.5 Å². The number of halogens is 1. The number of rotatable bonds is 6. The van der Waals surface area contributed by atoms with Crippen LogP contribution >= 0.6 is 11.6 Å². The van der Waals surface area contributed by atoms with Gasteiger partial charge in [-0.3, -0.25) is 4.79 Å². The first-order chi connectivity index (χ1) is 12.5. The highest BCUT2D eigenvalue weighted by Crippen LogP contribution is 2.18. The Morgan fingerprint density at radius 2 is 1.88 bits per heavy atom. The van der Waals surface area contributed by atoms with E-state index in [0.717, 1.165) is 11.4 Å². The minimum atomic E-state index is -0.136. The van der Waals surface area contributed by atoms with E-state index in [1.165, 1.54) is 0 Å². The lowest BCUT2D eigenvalue weighted by Gasteiger charge is -2.15. The number of nitrogens with one attached hydrogen (secondary N) is 1. The van der Waals surface area contributed by atoms with Crippen molar-refractivity contribution in [2.75, 3.05) is 0 Å². The number of carbonyl (C=O) groups excluding carboxylic acids is 1. The molecule has 0 aliphatic heterocycles. The number of nitrogens with zero attached hydrogens (tertiary/aromatic N) is 2. The fraction of sp³-hybridized carbons (Fsp3) is 0.200. The molecule has 0 bridgehead atoms. The average molecular weight is 370 g/mol. The molecule has 1 amide bonds. The van der Waals surface area contributed by atoms with E-state index in [1.807, 2.05) is 49.0 Å². The van der Waals surface area contributed by atoms with Crippen molar-refractivity contribution in [3.63, 3.8) is 0 Å². The number of aromatic nitrogens is 2. The van der Waals surface area contributed by atoms with Crippen molar-refractivity contribution in [3.05, 3.63) is 82.9 Å². The summed E-state index contributed by atoms with van der Waals surface area (Å²) in [6, 6.07) is 14.4. The maximum atomic E-state index is 12.4. The Hall–Kier alpha value is -2.79. The quantitative estimate of drug-likeness (QED) is 0.710. The van der Waals surface area contributed by atoms with Crippen LogP contribution in [0.3, 0.4) is 0 Å². The van der Waals surface area contributed by atoms with Crippen molar-refractivity contribution >= 4 is 17.5 Å². The molecule has 134 valence electrons. The second-order valence-electron chi connectivity index (χ2n) is 6.01. The van der Waals surface area contributed by atoms with Crippen LogP contribution < -0.4 is 10.1 Å². The molecular weight excluding hydrogens is 350 g/mol. The molecule has 26 heavy (non-hydrogen) atoms. The summed E-state index contributed by atoms with van der Waals surface area (Å²) >= 11 is 5.90. The Morgan fingerprint density at radius 3 is 2.50 bits per heavy atom. The number of hydrogen-bond donors (Lipinski definition) is 1. The lowest BCUT2D eigenvalue weighted by molar-refractivity contribution is 0.0940. The summed E-state index contributed by atoms with van der Waals surface area (Å²) in [7, 11) is 1.92. The fourth-order valence-corrected chi connectivity index (χ4v) is 2.63. The first-order valence-electron chi connectivity index (χ1n) is 8.28. The van der Waals surface area contributed by atoms with Crippen LogP contribution in [0, 0.1) is 0 Å². The van der Waals surface area contributed by atoms with Gasteiger partial charge < -0.3 is 14.6 Å². The largest absolute Gasteiger partial charge is 0.486 e. The number of carbonyl (C=O) groups is 1. The summed E-state index contributed by atoms with van der Waals surface area (Å²) < 4.78 is 7.60. The standard InChI is InChI=1S/C20H20ClN3O2/c1-14(15-3-7-17(21)8-4-15)23-20(25)16-5-9-18(10-6-16)26-13-19-22-11-12-24(19)2/h3-12,14H,13H2,1-2H3,(H,23,25). The number of amides is 1. The molecule has 3 rings (SSSR count). The minimum Gasteiger partial charge on any atom is -0.486 e. The third-order valence-corrected chi connectivity index (χ3v) is 4.37. The van der Waals surface area contributed by atoms with Gasteiger partial charge in [0.25, 0.3) is 5.91 Å². The van der Waals surface area contributed by atoms with Crippen molar-refractivity contribution in [1.29, 1.82) is 0 Å². The SMILES string of the molecule is CC(NC(=O)c1ccc(OCc2nccn2C)cc1)c1ccc(Cl)cc1. The van der Waals surface area contributed by atoms with Crippen LogP contribution in [0.25, 0.3) is 0 Å². The van der Waals surface area contributed by atoms with E-state index in [4.69, 9.17) is 16.3 Å². The molecule has 0 radical (unpaired) electrons. The molecule has 1 aromatic heterocycles. The monoisotopic (exact) mass is 369 g/mol. The third-order valence-electron chi connectivity index (χ3n) is 4.12. The Labute approximate surface area is 157 Å². The summed E-state index contributed by atoms with van der Waals surface area (Å²) in [5.74, 6) is 1.39. The molecule has 1 heterocycles. The molecule has 0 saturated carbocycles. The topological polar surface area (TPSA) is 56.1 Å². The van der Waals surface area contributed by atoms with E-state index >= 15 is 0 Å². The van der Waals surface area contributed by atoms with Crippen LogP contribution in [0.1, 0.15) is 34.7 Å². The first kappa shape index (κ1) is 18.0. The summed E-state index contributed by atoms with van der Waals surface area (Å²) in [6.07, 6.45) is 3.60. The lowest BCUT2D eigenvalue weighted by atomic mass is 10.1. The minimum absolute atomic E-state index is 0.112. The van der Waals surface area contributed by atoms with Crippen molar-refractivity contribution in [2.24, 2.45) is 7.05 Å². The molecule has 1 unspecified atom stereocenters. The number of imidazole rings is 1. The number of aryl methyl sites for hydroxylation is 1. The molecule has 6 heteroatoms. The van der Waals surface area contributed by atoms with Gasteiger partial charge in [0.2, 0.25) is 0 Å². The van der Waals surface area contributed by atoms with Gasteiger partial charge in [-0.15, -0.1) is 0 Å². The third kappa shape index (κ3) is 4.43. The van der Waals surface area contributed by atoms with Gasteiger partial charge in [-0.05, 0) is 48.9 Å². The zero-order chi connectivity index (χ0) is 18.5. The summed E-state index contributed by atoms with van der Waals surface area (Å²) in [4.78, 5) is 16.6. The van der Waals surface area contributed by atoms with Crippen molar-refractivity contribution in [3.8, 4) is 5.75 Å². The second-order valence-corrected chi connectivity index (χ2v) is 6.45. The summed E-state index contributed by atoms with van der Waals surface area (Å²) in [6.45, 7) is 2.31. The maximum absolute atomic E-state index is 12.4. The van der Waals surface area contributed by atoms with Crippen molar-refractivity contribution in [2.45, 2.75) is 19.6 Å². The predicted octanol–water partition coefficient (Wildman–Crippen LogP) is 4.14. The molecule has 5 nitrogen and oxygen atoms in total. The van der Waals surface area contributed by atoms with E-state index in [2.05, 4.69) is 10.3 Å². The average Bonchev–Trinajstić information content (AvgIpc) is 3.06.